The summed E-state index contributed by atoms with van der Waals surface area (Å²) >= 11 is 0. The first-order valence-corrected chi connectivity index (χ1v) is 6.40. The number of ether oxygens (including phenoxy) is 1. The maximum absolute atomic E-state index is 11.8. The average molecular weight is 247 g/mol. The van der Waals surface area contributed by atoms with Crippen LogP contribution in [0.1, 0.15) is 0 Å². The first-order chi connectivity index (χ1) is 7.29. The third-order valence-corrected chi connectivity index (χ3v) is 3.15. The Labute approximate surface area is 96.5 Å². The van der Waals surface area contributed by atoms with Crippen molar-refractivity contribution in [1.29, 1.82) is 0 Å². The standard InChI is InChI=1S/C10H18NO4P/c1-5-9(12)10(8-11(2,3)4)14-6-7-16(13)15-10/h5H,1,6-8H2,2-4H3/q+2. The van der Waals surface area contributed by atoms with Crippen LogP contribution in [-0.2, 0) is 18.6 Å². The number of nitrogens with zero attached hydrogens (tertiary/aromatic N) is 1. The third-order valence-electron chi connectivity index (χ3n) is 2.10. The fourth-order valence-corrected chi connectivity index (χ4v) is 2.43. The van der Waals surface area contributed by atoms with Gasteiger partial charge in [0.25, 0.3) is 0 Å². The second-order valence-corrected chi connectivity index (χ2v) is 6.06. The van der Waals surface area contributed by atoms with Gasteiger partial charge in [-0.15, -0.1) is 0 Å². The summed E-state index contributed by atoms with van der Waals surface area (Å²) in [7, 11) is 3.90. The van der Waals surface area contributed by atoms with E-state index >= 15 is 0 Å². The Balaban J connectivity index is 2.96. The summed E-state index contributed by atoms with van der Waals surface area (Å²) in [5.41, 5.74) is 0. The number of hydrogen-bond donors (Lipinski definition) is 0. The van der Waals surface area contributed by atoms with Crippen molar-refractivity contribution in [3.63, 3.8) is 0 Å². The van der Waals surface area contributed by atoms with Gasteiger partial charge < -0.3 is 9.22 Å². The molecule has 0 saturated carbocycles. The van der Waals surface area contributed by atoms with E-state index in [0.717, 1.165) is 6.08 Å². The Morgan fingerprint density at radius 2 is 2.19 bits per heavy atom. The summed E-state index contributed by atoms with van der Waals surface area (Å²) in [5, 5.41) is 0. The van der Waals surface area contributed by atoms with E-state index < -0.39 is 13.8 Å². The molecule has 1 saturated heterocycles. The lowest BCUT2D eigenvalue weighted by atomic mass is 10.1. The Kier molecular flexibility index (Phi) is 3.97. The van der Waals surface area contributed by atoms with Gasteiger partial charge in [0.15, 0.2) is 0 Å². The van der Waals surface area contributed by atoms with Crippen LogP contribution < -0.4 is 0 Å². The van der Waals surface area contributed by atoms with E-state index in [1.807, 2.05) is 21.1 Å². The van der Waals surface area contributed by atoms with Gasteiger partial charge in [0, 0.05) is 0 Å². The van der Waals surface area contributed by atoms with E-state index in [4.69, 9.17) is 9.26 Å². The largest absolute Gasteiger partial charge is 0.514 e. The second kappa shape index (κ2) is 4.72. The zero-order valence-electron chi connectivity index (χ0n) is 9.93. The molecule has 2 atom stereocenters. The highest BCUT2D eigenvalue weighted by Gasteiger charge is 2.54. The maximum atomic E-state index is 11.8. The minimum absolute atomic E-state index is 0.273. The lowest BCUT2D eigenvalue weighted by Gasteiger charge is -2.34. The van der Waals surface area contributed by atoms with Crippen molar-refractivity contribution < 1.29 is 23.1 Å². The molecular formula is C10H18NO4P+2. The van der Waals surface area contributed by atoms with Crippen LogP contribution in [0.5, 0.6) is 0 Å². The lowest BCUT2D eigenvalue weighted by molar-refractivity contribution is -0.878. The molecule has 0 N–H and O–H groups in total. The molecule has 0 aromatic rings. The zero-order valence-corrected chi connectivity index (χ0v) is 10.8. The van der Waals surface area contributed by atoms with E-state index in [0.29, 0.717) is 17.2 Å². The molecule has 0 aromatic carbocycles. The molecule has 1 heterocycles. The summed E-state index contributed by atoms with van der Waals surface area (Å²) < 4.78 is 22.6. The number of hydrogen-bond acceptors (Lipinski definition) is 4. The van der Waals surface area contributed by atoms with Crippen molar-refractivity contribution in [1.82, 2.24) is 0 Å². The average Bonchev–Trinajstić information content (AvgIpc) is 2.13. The van der Waals surface area contributed by atoms with Gasteiger partial charge in [0.2, 0.25) is 11.9 Å². The lowest BCUT2D eigenvalue weighted by Crippen LogP contribution is -2.57. The topological polar surface area (TPSA) is 52.6 Å². The van der Waals surface area contributed by atoms with Crippen molar-refractivity contribution in [3.05, 3.63) is 12.7 Å². The number of rotatable bonds is 4. The van der Waals surface area contributed by atoms with E-state index in [-0.39, 0.29) is 12.4 Å². The molecule has 1 rings (SSSR count). The smallest absolute Gasteiger partial charge is 0.331 e. The Bertz CT molecular complexity index is 323. The van der Waals surface area contributed by atoms with E-state index in [2.05, 4.69) is 6.58 Å². The molecule has 0 aromatic heterocycles. The number of likely N-dealkylation sites (N-methyl/N-ethyl adjacent to an activating group) is 1. The van der Waals surface area contributed by atoms with Crippen molar-refractivity contribution in [2.45, 2.75) is 5.79 Å². The minimum atomic E-state index is -1.82. The molecule has 6 heteroatoms. The summed E-state index contributed by atoms with van der Waals surface area (Å²) in [4.78, 5) is 11.8. The van der Waals surface area contributed by atoms with Gasteiger partial charge >= 0.3 is 13.8 Å². The quantitative estimate of drug-likeness (QED) is 0.421. The van der Waals surface area contributed by atoms with Crippen LogP contribution in [0.15, 0.2) is 12.7 Å². The van der Waals surface area contributed by atoms with Crippen LogP contribution in [0.3, 0.4) is 0 Å². The molecule has 0 aliphatic carbocycles. The molecule has 1 aliphatic rings. The Hall–Kier alpha value is -0.610. The molecular weight excluding hydrogens is 229 g/mol. The third kappa shape index (κ3) is 3.19. The van der Waals surface area contributed by atoms with Gasteiger partial charge in [-0.1, -0.05) is 11.1 Å². The van der Waals surface area contributed by atoms with Crippen LogP contribution in [0.25, 0.3) is 0 Å². The van der Waals surface area contributed by atoms with Crippen LogP contribution in [0.2, 0.25) is 0 Å². The van der Waals surface area contributed by atoms with Gasteiger partial charge in [-0.3, -0.25) is 4.79 Å². The van der Waals surface area contributed by atoms with Crippen molar-refractivity contribution in [2.24, 2.45) is 0 Å². The first kappa shape index (κ1) is 13.5. The van der Waals surface area contributed by atoms with Crippen molar-refractivity contribution in [3.8, 4) is 0 Å². The maximum Gasteiger partial charge on any atom is 0.514 e. The summed E-state index contributed by atoms with van der Waals surface area (Å²) in [6.45, 7) is 4.00. The molecule has 1 fully saturated rings. The van der Waals surface area contributed by atoms with Gasteiger partial charge in [-0.25, -0.2) is 0 Å². The summed E-state index contributed by atoms with van der Waals surface area (Å²) in [5.74, 6) is -1.80. The Morgan fingerprint density at radius 1 is 1.56 bits per heavy atom. The Morgan fingerprint density at radius 3 is 2.62 bits per heavy atom. The van der Waals surface area contributed by atoms with E-state index in [1.165, 1.54) is 0 Å². The van der Waals surface area contributed by atoms with Gasteiger partial charge in [0.1, 0.15) is 6.54 Å². The molecule has 0 spiro atoms. The fourth-order valence-electron chi connectivity index (χ4n) is 1.57. The fraction of sp³-hybridized carbons (Fsp3) is 0.700. The van der Waals surface area contributed by atoms with Gasteiger partial charge in [0.05, 0.1) is 27.7 Å². The number of carbonyl (C=O) groups excluding carboxylic acids is 1. The highest BCUT2D eigenvalue weighted by Crippen LogP contribution is 2.37. The number of ketones is 1. The minimum Gasteiger partial charge on any atom is -0.331 e. The molecule has 0 radical (unpaired) electrons. The molecule has 0 amide bonds. The SMILES string of the molecule is C=CC(=O)C1(C[N+](C)(C)C)OCC[P+](=O)O1. The van der Waals surface area contributed by atoms with Gasteiger partial charge in [-0.2, -0.15) is 0 Å². The highest BCUT2D eigenvalue weighted by molar-refractivity contribution is 7.39. The zero-order chi connectivity index (χ0) is 12.4. The summed E-state index contributed by atoms with van der Waals surface area (Å²) in [6, 6.07) is 0. The van der Waals surface area contributed by atoms with Gasteiger partial charge in [-0.05, 0) is 10.6 Å². The monoisotopic (exact) mass is 247 g/mol. The molecule has 90 valence electrons. The summed E-state index contributed by atoms with van der Waals surface area (Å²) in [6.07, 6.45) is 1.49. The van der Waals surface area contributed by atoms with E-state index in [1.54, 1.807) is 0 Å². The molecule has 16 heavy (non-hydrogen) atoms. The highest BCUT2D eigenvalue weighted by atomic mass is 31.1. The number of carbonyl (C=O) groups is 1. The second-order valence-electron chi connectivity index (χ2n) is 4.77. The van der Waals surface area contributed by atoms with E-state index in [9.17, 15) is 9.36 Å². The van der Waals surface area contributed by atoms with Crippen LogP contribution in [0, 0.1) is 0 Å². The molecule has 1 aliphatic heterocycles. The molecule has 5 nitrogen and oxygen atoms in total. The normalized spacial score (nSPS) is 28.8. The van der Waals surface area contributed by atoms with Crippen LogP contribution in [0.4, 0.5) is 0 Å². The van der Waals surface area contributed by atoms with Crippen molar-refractivity contribution in [2.75, 3.05) is 40.5 Å². The predicted octanol–water partition coefficient (Wildman–Crippen LogP) is 0.933. The number of quaternary nitrogens is 1. The molecule has 2 unspecified atom stereocenters. The van der Waals surface area contributed by atoms with Crippen LogP contribution in [-0.4, -0.2) is 56.5 Å². The molecule has 0 bridgehead atoms. The predicted molar refractivity (Wildman–Crippen MR) is 60.3 cm³/mol. The van der Waals surface area contributed by atoms with Crippen LogP contribution >= 0.6 is 8.03 Å². The first-order valence-electron chi connectivity index (χ1n) is 5.04. The van der Waals surface area contributed by atoms with Crippen molar-refractivity contribution >= 4 is 13.8 Å².